The van der Waals surface area contributed by atoms with Crippen LogP contribution in [-0.2, 0) is 6.54 Å². The van der Waals surface area contributed by atoms with E-state index in [1.165, 1.54) is 12.7 Å². The summed E-state index contributed by atoms with van der Waals surface area (Å²) in [4.78, 5) is 2.36. The fourth-order valence-electron chi connectivity index (χ4n) is 3.47. The number of nitrogens with zero attached hydrogens (tertiary/aromatic N) is 1. The van der Waals surface area contributed by atoms with Crippen LogP contribution in [0.2, 0.25) is 0 Å². The Balaban J connectivity index is 1.71. The third kappa shape index (κ3) is 3.54. The molecule has 122 valence electrons. The summed E-state index contributed by atoms with van der Waals surface area (Å²) in [6.07, 6.45) is 0. The number of methoxy groups -OCH3 is 1. The lowest BCUT2D eigenvalue weighted by molar-refractivity contribution is 0.315. The molecule has 1 aliphatic rings. The van der Waals surface area contributed by atoms with Gasteiger partial charge in [0.1, 0.15) is 0 Å². The Kier molecular flexibility index (Phi) is 4.94. The van der Waals surface area contributed by atoms with Gasteiger partial charge >= 0.3 is 0 Å². The number of ether oxygens (including phenoxy) is 1. The fourth-order valence-corrected chi connectivity index (χ4v) is 3.47. The quantitative estimate of drug-likeness (QED) is 0.922. The maximum Gasteiger partial charge on any atom is 0.165 e. The molecular weight excluding hydrogens is 291 g/mol. The van der Waals surface area contributed by atoms with Gasteiger partial charge in [-0.25, -0.2) is 4.39 Å². The van der Waals surface area contributed by atoms with E-state index in [-0.39, 0.29) is 11.6 Å². The van der Waals surface area contributed by atoms with Gasteiger partial charge in [-0.3, -0.25) is 4.90 Å². The fraction of sp³-hybridized carbons (Fsp3) is 0.368. The molecule has 0 radical (unpaired) electrons. The predicted molar refractivity (Wildman–Crippen MR) is 90.0 cm³/mol. The molecule has 4 heteroatoms. The van der Waals surface area contributed by atoms with Gasteiger partial charge in [0.2, 0.25) is 0 Å². The second kappa shape index (κ2) is 7.11. The highest BCUT2D eigenvalue weighted by Crippen LogP contribution is 2.33. The standard InChI is InChI=1S/C19H23FN2O/c1-23-19-8-7-14(9-18(19)20)11-22-12-16(10-21)17(13-22)15-5-3-2-4-6-15/h2-9,16-17H,10-13,21H2,1H3/t16-,17+/m1/s1. The molecule has 0 amide bonds. The van der Waals surface area contributed by atoms with Crippen LogP contribution in [0.1, 0.15) is 17.0 Å². The summed E-state index contributed by atoms with van der Waals surface area (Å²) in [6, 6.07) is 15.7. The Morgan fingerprint density at radius 2 is 1.96 bits per heavy atom. The molecule has 2 N–H and O–H groups in total. The number of rotatable bonds is 5. The normalized spacial score (nSPS) is 21.5. The van der Waals surface area contributed by atoms with Crippen LogP contribution in [0.3, 0.4) is 0 Å². The van der Waals surface area contributed by atoms with Crippen LogP contribution in [0.5, 0.6) is 5.75 Å². The van der Waals surface area contributed by atoms with E-state index in [2.05, 4.69) is 29.2 Å². The lowest BCUT2D eigenvalue weighted by atomic mass is 9.89. The van der Waals surface area contributed by atoms with E-state index in [0.717, 1.165) is 25.2 Å². The molecule has 2 aromatic rings. The summed E-state index contributed by atoms with van der Waals surface area (Å²) in [5.41, 5.74) is 8.28. The highest BCUT2D eigenvalue weighted by Gasteiger charge is 2.32. The monoisotopic (exact) mass is 314 g/mol. The highest BCUT2D eigenvalue weighted by molar-refractivity contribution is 5.29. The van der Waals surface area contributed by atoms with Gasteiger partial charge in [-0.15, -0.1) is 0 Å². The minimum Gasteiger partial charge on any atom is -0.494 e. The first-order valence-electron chi connectivity index (χ1n) is 8.01. The van der Waals surface area contributed by atoms with Crippen molar-refractivity contribution in [3.05, 3.63) is 65.5 Å². The van der Waals surface area contributed by atoms with Crippen LogP contribution in [0, 0.1) is 11.7 Å². The average Bonchev–Trinajstić information content (AvgIpc) is 2.99. The Morgan fingerprint density at radius 1 is 1.17 bits per heavy atom. The van der Waals surface area contributed by atoms with Crippen LogP contribution in [0.4, 0.5) is 4.39 Å². The Labute approximate surface area is 136 Å². The molecule has 0 unspecified atom stereocenters. The van der Waals surface area contributed by atoms with Crippen molar-refractivity contribution in [3.63, 3.8) is 0 Å². The van der Waals surface area contributed by atoms with Crippen LogP contribution >= 0.6 is 0 Å². The third-order valence-electron chi connectivity index (χ3n) is 4.67. The van der Waals surface area contributed by atoms with Crippen LogP contribution in [0.15, 0.2) is 48.5 Å². The zero-order valence-corrected chi connectivity index (χ0v) is 13.4. The second-order valence-corrected chi connectivity index (χ2v) is 6.18. The molecule has 0 spiro atoms. The lowest BCUT2D eigenvalue weighted by Crippen LogP contribution is -2.23. The topological polar surface area (TPSA) is 38.5 Å². The van der Waals surface area contributed by atoms with Gasteiger partial charge in [-0.05, 0) is 35.7 Å². The second-order valence-electron chi connectivity index (χ2n) is 6.18. The SMILES string of the molecule is COc1ccc(CN2C[C@@H](CN)[C@H](c3ccccc3)C2)cc1F. The molecule has 2 atom stereocenters. The first-order chi connectivity index (χ1) is 11.2. The molecule has 0 aromatic heterocycles. The van der Waals surface area contributed by atoms with Gasteiger partial charge in [0, 0.05) is 25.6 Å². The summed E-state index contributed by atoms with van der Waals surface area (Å²) >= 11 is 0. The van der Waals surface area contributed by atoms with Crippen LogP contribution < -0.4 is 10.5 Å². The number of hydrogen-bond donors (Lipinski definition) is 1. The van der Waals surface area contributed by atoms with E-state index >= 15 is 0 Å². The van der Waals surface area contributed by atoms with Crippen molar-refractivity contribution in [1.29, 1.82) is 0 Å². The minimum absolute atomic E-state index is 0.289. The molecule has 1 aliphatic heterocycles. The van der Waals surface area contributed by atoms with Crippen LogP contribution in [0.25, 0.3) is 0 Å². The summed E-state index contributed by atoms with van der Waals surface area (Å²) < 4.78 is 18.8. The first kappa shape index (κ1) is 16.0. The van der Waals surface area contributed by atoms with Crippen molar-refractivity contribution in [2.24, 2.45) is 11.7 Å². The first-order valence-corrected chi connectivity index (χ1v) is 8.01. The van der Waals surface area contributed by atoms with E-state index in [1.807, 2.05) is 12.1 Å². The van der Waals surface area contributed by atoms with Crippen molar-refractivity contribution >= 4 is 0 Å². The summed E-state index contributed by atoms with van der Waals surface area (Å²) in [7, 11) is 1.48. The molecule has 0 saturated carbocycles. The molecule has 0 aliphatic carbocycles. The number of likely N-dealkylation sites (tertiary alicyclic amines) is 1. The zero-order valence-electron chi connectivity index (χ0n) is 13.4. The molecule has 23 heavy (non-hydrogen) atoms. The highest BCUT2D eigenvalue weighted by atomic mass is 19.1. The number of halogens is 1. The Morgan fingerprint density at radius 3 is 2.61 bits per heavy atom. The van der Waals surface area contributed by atoms with Gasteiger partial charge in [-0.1, -0.05) is 36.4 Å². The molecule has 1 heterocycles. The maximum absolute atomic E-state index is 13.8. The lowest BCUT2D eigenvalue weighted by Gasteiger charge is -2.17. The number of hydrogen-bond acceptors (Lipinski definition) is 3. The third-order valence-corrected chi connectivity index (χ3v) is 4.67. The predicted octanol–water partition coefficient (Wildman–Crippen LogP) is 3.01. The van der Waals surface area contributed by atoms with Crippen molar-refractivity contribution in [1.82, 2.24) is 4.90 Å². The van der Waals surface area contributed by atoms with Crippen molar-refractivity contribution in [3.8, 4) is 5.75 Å². The summed E-state index contributed by atoms with van der Waals surface area (Å²) in [5.74, 6) is 0.876. The Bertz CT molecular complexity index is 647. The van der Waals surface area contributed by atoms with E-state index in [0.29, 0.717) is 18.4 Å². The van der Waals surface area contributed by atoms with Gasteiger partial charge in [0.05, 0.1) is 7.11 Å². The summed E-state index contributed by atoms with van der Waals surface area (Å²) in [6.45, 7) is 3.32. The van der Waals surface area contributed by atoms with Crippen LogP contribution in [-0.4, -0.2) is 31.6 Å². The molecular formula is C19H23FN2O. The van der Waals surface area contributed by atoms with Crippen molar-refractivity contribution in [2.45, 2.75) is 12.5 Å². The minimum atomic E-state index is -0.306. The van der Waals surface area contributed by atoms with E-state index in [9.17, 15) is 4.39 Å². The van der Waals surface area contributed by atoms with E-state index < -0.39 is 0 Å². The van der Waals surface area contributed by atoms with Gasteiger partial charge in [0.25, 0.3) is 0 Å². The molecule has 3 rings (SSSR count). The molecule has 1 fully saturated rings. The van der Waals surface area contributed by atoms with Crippen molar-refractivity contribution < 1.29 is 9.13 Å². The number of nitrogens with two attached hydrogens (primary N) is 1. The van der Waals surface area contributed by atoms with Crippen molar-refractivity contribution in [2.75, 3.05) is 26.7 Å². The molecule has 1 saturated heterocycles. The van der Waals surface area contributed by atoms with Gasteiger partial charge in [-0.2, -0.15) is 0 Å². The van der Waals surface area contributed by atoms with E-state index in [1.54, 1.807) is 12.1 Å². The van der Waals surface area contributed by atoms with Gasteiger partial charge in [0.15, 0.2) is 11.6 Å². The average molecular weight is 314 g/mol. The smallest absolute Gasteiger partial charge is 0.165 e. The largest absolute Gasteiger partial charge is 0.494 e. The number of benzene rings is 2. The Hall–Kier alpha value is -1.91. The summed E-state index contributed by atoms with van der Waals surface area (Å²) in [5, 5.41) is 0. The molecule has 3 nitrogen and oxygen atoms in total. The van der Waals surface area contributed by atoms with Gasteiger partial charge < -0.3 is 10.5 Å². The van der Waals surface area contributed by atoms with E-state index in [4.69, 9.17) is 10.5 Å². The molecule has 2 aromatic carbocycles. The zero-order chi connectivity index (χ0) is 16.2. The maximum atomic E-state index is 13.8. The molecule has 0 bridgehead atoms.